The lowest BCUT2D eigenvalue weighted by molar-refractivity contribution is 0.126. The summed E-state index contributed by atoms with van der Waals surface area (Å²) >= 11 is 0. The van der Waals surface area contributed by atoms with Gasteiger partial charge in [0.25, 0.3) is 0 Å². The normalized spacial score (nSPS) is 13.4. The minimum absolute atomic E-state index is 0.0355. The minimum Gasteiger partial charge on any atom is -0.381 e. The molecular formula is C17H28FNO. The fraction of sp³-hybridized carbons (Fsp3) is 0.647. The first-order chi connectivity index (χ1) is 9.44. The maximum Gasteiger partial charge on any atom is 0.126 e. The summed E-state index contributed by atoms with van der Waals surface area (Å²) in [4.78, 5) is 0. The van der Waals surface area contributed by atoms with E-state index in [0.717, 1.165) is 31.6 Å². The average molecular weight is 281 g/mol. The van der Waals surface area contributed by atoms with Crippen LogP contribution >= 0.6 is 0 Å². The van der Waals surface area contributed by atoms with Crippen molar-refractivity contribution in [2.45, 2.75) is 52.0 Å². The van der Waals surface area contributed by atoms with E-state index in [-0.39, 0.29) is 17.3 Å². The molecule has 1 unspecified atom stereocenters. The topological polar surface area (TPSA) is 21.3 Å². The predicted octanol–water partition coefficient (Wildman–Crippen LogP) is 4.11. The smallest absolute Gasteiger partial charge is 0.126 e. The Kier molecular flexibility index (Phi) is 7.17. The van der Waals surface area contributed by atoms with Gasteiger partial charge in [-0.3, -0.25) is 0 Å². The molecule has 0 aliphatic heterocycles. The summed E-state index contributed by atoms with van der Waals surface area (Å²) in [7, 11) is 0. The van der Waals surface area contributed by atoms with Crippen LogP contribution in [-0.4, -0.2) is 25.3 Å². The summed E-state index contributed by atoms with van der Waals surface area (Å²) in [5.41, 5.74) is 0.817. The second-order valence-corrected chi connectivity index (χ2v) is 6.25. The van der Waals surface area contributed by atoms with E-state index in [0.29, 0.717) is 6.61 Å². The number of hydrogen-bond acceptors (Lipinski definition) is 2. The van der Waals surface area contributed by atoms with Crippen LogP contribution in [0.2, 0.25) is 0 Å². The number of hydrogen-bond donors (Lipinski definition) is 1. The molecule has 1 aromatic carbocycles. The molecule has 0 aliphatic carbocycles. The molecule has 114 valence electrons. The summed E-state index contributed by atoms with van der Waals surface area (Å²) in [5.74, 6) is 0.0241. The quantitative estimate of drug-likeness (QED) is 0.724. The third-order valence-corrected chi connectivity index (χ3v) is 3.18. The van der Waals surface area contributed by atoms with Crippen molar-refractivity contribution < 1.29 is 9.13 Å². The number of benzene rings is 1. The zero-order chi connectivity index (χ0) is 15.0. The monoisotopic (exact) mass is 281 g/mol. The van der Waals surface area contributed by atoms with Gasteiger partial charge in [-0.2, -0.15) is 0 Å². The van der Waals surface area contributed by atoms with Gasteiger partial charge in [-0.25, -0.2) is 4.39 Å². The second-order valence-electron chi connectivity index (χ2n) is 6.25. The van der Waals surface area contributed by atoms with Crippen molar-refractivity contribution in [2.24, 2.45) is 0 Å². The first-order valence-corrected chi connectivity index (χ1v) is 7.51. The minimum atomic E-state index is -0.122. The molecule has 0 aliphatic rings. The van der Waals surface area contributed by atoms with Gasteiger partial charge >= 0.3 is 0 Å². The van der Waals surface area contributed by atoms with E-state index in [1.807, 2.05) is 12.1 Å². The van der Waals surface area contributed by atoms with Gasteiger partial charge in [0.15, 0.2) is 0 Å². The lowest BCUT2D eigenvalue weighted by Gasteiger charge is -2.26. The molecule has 3 heteroatoms. The molecule has 1 aromatic rings. The van der Waals surface area contributed by atoms with Crippen molar-refractivity contribution in [1.29, 1.82) is 0 Å². The molecule has 0 heterocycles. The molecule has 1 rings (SSSR count). The Morgan fingerprint density at radius 2 is 1.90 bits per heavy atom. The van der Waals surface area contributed by atoms with Gasteiger partial charge in [-0.1, -0.05) is 25.1 Å². The zero-order valence-electron chi connectivity index (χ0n) is 13.2. The number of ether oxygens (including phenoxy) is 1. The van der Waals surface area contributed by atoms with Gasteiger partial charge in [0.1, 0.15) is 5.82 Å². The van der Waals surface area contributed by atoms with Crippen molar-refractivity contribution in [3.8, 4) is 0 Å². The molecular weight excluding hydrogens is 253 g/mol. The van der Waals surface area contributed by atoms with Crippen LogP contribution < -0.4 is 5.32 Å². The van der Waals surface area contributed by atoms with Gasteiger partial charge < -0.3 is 10.1 Å². The van der Waals surface area contributed by atoms with Crippen LogP contribution in [0.15, 0.2) is 24.3 Å². The van der Waals surface area contributed by atoms with Gasteiger partial charge in [-0.05, 0) is 45.2 Å². The summed E-state index contributed by atoms with van der Waals surface area (Å²) in [6, 6.07) is 7.05. The van der Waals surface area contributed by atoms with Crippen molar-refractivity contribution in [3.05, 3.63) is 35.6 Å². The van der Waals surface area contributed by atoms with Crippen molar-refractivity contribution >= 4 is 0 Å². The van der Waals surface area contributed by atoms with Crippen LogP contribution in [0.5, 0.6) is 0 Å². The Bertz CT molecular complexity index is 387. The molecule has 0 spiro atoms. The highest BCUT2D eigenvalue weighted by Gasteiger charge is 2.18. The predicted molar refractivity (Wildman–Crippen MR) is 82.6 cm³/mol. The van der Waals surface area contributed by atoms with Crippen LogP contribution in [0.1, 0.15) is 52.0 Å². The van der Waals surface area contributed by atoms with Crippen molar-refractivity contribution in [3.63, 3.8) is 0 Å². The Morgan fingerprint density at radius 3 is 2.50 bits per heavy atom. The summed E-state index contributed by atoms with van der Waals surface area (Å²) in [6.07, 6.45) is 1.86. The van der Waals surface area contributed by atoms with Gasteiger partial charge in [0.05, 0.1) is 0 Å². The molecule has 0 fully saturated rings. The molecule has 0 bridgehead atoms. The molecule has 2 nitrogen and oxygen atoms in total. The SMILES string of the molecule is CCCOCCC(CNC(C)(C)C)c1ccccc1F. The van der Waals surface area contributed by atoms with Crippen molar-refractivity contribution in [2.75, 3.05) is 19.8 Å². The third-order valence-electron chi connectivity index (χ3n) is 3.18. The van der Waals surface area contributed by atoms with E-state index in [1.165, 1.54) is 6.07 Å². The van der Waals surface area contributed by atoms with E-state index < -0.39 is 0 Å². The second kappa shape index (κ2) is 8.38. The zero-order valence-corrected chi connectivity index (χ0v) is 13.2. The fourth-order valence-electron chi connectivity index (χ4n) is 2.08. The molecule has 0 radical (unpaired) electrons. The van der Waals surface area contributed by atoms with Gasteiger partial charge in [0, 0.05) is 31.2 Å². The number of rotatable bonds is 8. The van der Waals surface area contributed by atoms with Crippen LogP contribution in [0.3, 0.4) is 0 Å². The molecule has 20 heavy (non-hydrogen) atoms. The van der Waals surface area contributed by atoms with E-state index in [4.69, 9.17) is 4.74 Å². The molecule has 1 N–H and O–H groups in total. The maximum atomic E-state index is 14.0. The summed E-state index contributed by atoms with van der Waals surface area (Å²) in [6.45, 7) is 10.7. The van der Waals surface area contributed by atoms with E-state index in [2.05, 4.69) is 33.0 Å². The third kappa shape index (κ3) is 6.49. The van der Waals surface area contributed by atoms with Crippen LogP contribution in [0, 0.1) is 5.82 Å². The average Bonchev–Trinajstić information content (AvgIpc) is 2.38. The van der Waals surface area contributed by atoms with Gasteiger partial charge in [-0.15, -0.1) is 0 Å². The van der Waals surface area contributed by atoms with Crippen LogP contribution in [-0.2, 0) is 4.74 Å². The maximum absolute atomic E-state index is 14.0. The fourth-order valence-corrected chi connectivity index (χ4v) is 2.08. The molecule has 0 saturated carbocycles. The highest BCUT2D eigenvalue weighted by molar-refractivity contribution is 5.22. The molecule has 1 atom stereocenters. The Balaban J connectivity index is 2.66. The van der Waals surface area contributed by atoms with E-state index in [1.54, 1.807) is 6.07 Å². The summed E-state index contributed by atoms with van der Waals surface area (Å²) in [5, 5.41) is 3.47. The summed E-state index contributed by atoms with van der Waals surface area (Å²) < 4.78 is 19.5. The van der Waals surface area contributed by atoms with Crippen LogP contribution in [0.4, 0.5) is 4.39 Å². The number of halogens is 1. The van der Waals surface area contributed by atoms with Crippen molar-refractivity contribution in [1.82, 2.24) is 5.32 Å². The first kappa shape index (κ1) is 17.1. The Hall–Kier alpha value is -0.930. The first-order valence-electron chi connectivity index (χ1n) is 7.51. The molecule has 0 amide bonds. The molecule has 0 aromatic heterocycles. The lowest BCUT2D eigenvalue weighted by atomic mass is 9.94. The highest BCUT2D eigenvalue weighted by atomic mass is 19.1. The Morgan fingerprint density at radius 1 is 1.20 bits per heavy atom. The standard InChI is InChI=1S/C17H28FNO/c1-5-11-20-12-10-14(13-19-17(2,3)4)15-8-6-7-9-16(15)18/h6-9,14,19H,5,10-13H2,1-4H3. The lowest BCUT2D eigenvalue weighted by Crippen LogP contribution is -2.39. The Labute approximate surface area is 122 Å². The van der Waals surface area contributed by atoms with Gasteiger partial charge in [0.2, 0.25) is 0 Å². The van der Waals surface area contributed by atoms with E-state index in [9.17, 15) is 4.39 Å². The number of nitrogens with one attached hydrogen (secondary N) is 1. The molecule has 0 saturated heterocycles. The largest absolute Gasteiger partial charge is 0.381 e. The highest BCUT2D eigenvalue weighted by Crippen LogP contribution is 2.22. The van der Waals surface area contributed by atoms with Crippen LogP contribution in [0.25, 0.3) is 0 Å². The van der Waals surface area contributed by atoms with E-state index >= 15 is 0 Å².